The molecule has 1 amide bonds. The highest BCUT2D eigenvalue weighted by Crippen LogP contribution is 2.15. The Hall–Kier alpha value is -1.96. The minimum atomic E-state index is -3.73. The molecule has 0 fully saturated rings. The Morgan fingerprint density at radius 3 is 2.58 bits per heavy atom. The Balaban J connectivity index is 1.81. The molecular weight excluding hydrogens is 355 g/mol. The molecule has 2 aromatic carbocycles. The summed E-state index contributed by atoms with van der Waals surface area (Å²) in [5, 5.41) is 2.85. The molecule has 128 valence electrons. The number of amides is 1. The number of sulfonamides is 1. The van der Waals surface area contributed by atoms with Gasteiger partial charge in [-0.15, -0.1) is 0 Å². The number of rotatable bonds is 7. The fraction of sp³-hybridized carbons (Fsp3) is 0.188. The Bertz CT molecular complexity index is 828. The fourth-order valence-electron chi connectivity index (χ4n) is 1.94. The quantitative estimate of drug-likeness (QED) is 0.786. The van der Waals surface area contributed by atoms with Crippen LogP contribution in [0.15, 0.2) is 53.4 Å². The molecule has 0 bridgehead atoms. The van der Waals surface area contributed by atoms with E-state index in [-0.39, 0.29) is 30.3 Å². The summed E-state index contributed by atoms with van der Waals surface area (Å²) in [7, 11) is -3.73. The maximum absolute atomic E-state index is 13.4. The molecule has 0 spiro atoms. The molecule has 0 saturated heterocycles. The summed E-state index contributed by atoms with van der Waals surface area (Å²) in [6, 6.07) is 11.9. The Labute approximate surface area is 144 Å². The molecular formula is C16H16ClFN2O3S. The summed E-state index contributed by atoms with van der Waals surface area (Å²) in [6.45, 7) is -0.0233. The highest BCUT2D eigenvalue weighted by atomic mass is 35.5. The molecule has 8 heteroatoms. The molecule has 0 aromatic heterocycles. The van der Waals surface area contributed by atoms with E-state index < -0.39 is 15.8 Å². The van der Waals surface area contributed by atoms with Crippen molar-refractivity contribution in [1.82, 2.24) is 10.0 Å². The normalized spacial score (nSPS) is 11.2. The van der Waals surface area contributed by atoms with Crippen LogP contribution in [-0.2, 0) is 21.4 Å². The molecule has 0 saturated carbocycles. The number of nitrogens with one attached hydrogen (secondary N) is 2. The van der Waals surface area contributed by atoms with Gasteiger partial charge in [-0.1, -0.05) is 35.9 Å². The van der Waals surface area contributed by atoms with Crippen molar-refractivity contribution in [2.24, 2.45) is 0 Å². The highest BCUT2D eigenvalue weighted by Gasteiger charge is 2.14. The van der Waals surface area contributed by atoms with Crippen LogP contribution in [0.2, 0.25) is 5.02 Å². The van der Waals surface area contributed by atoms with Crippen LogP contribution in [-0.4, -0.2) is 20.9 Å². The van der Waals surface area contributed by atoms with Gasteiger partial charge in [-0.2, -0.15) is 0 Å². The second kappa shape index (κ2) is 8.23. The van der Waals surface area contributed by atoms with E-state index in [1.165, 1.54) is 24.3 Å². The van der Waals surface area contributed by atoms with Gasteiger partial charge in [0.25, 0.3) is 0 Å². The van der Waals surface area contributed by atoms with Crippen LogP contribution in [0.4, 0.5) is 4.39 Å². The summed E-state index contributed by atoms with van der Waals surface area (Å²) < 4.78 is 39.8. The number of benzene rings is 2. The van der Waals surface area contributed by atoms with E-state index in [4.69, 9.17) is 11.6 Å². The average Bonchev–Trinajstić information content (AvgIpc) is 2.54. The van der Waals surface area contributed by atoms with Gasteiger partial charge in [-0.3, -0.25) is 4.79 Å². The lowest BCUT2D eigenvalue weighted by Crippen LogP contribution is -2.30. The van der Waals surface area contributed by atoms with Crippen molar-refractivity contribution in [2.45, 2.75) is 17.9 Å². The molecule has 2 rings (SSSR count). The number of carbonyl (C=O) groups excluding carboxylic acids is 1. The Kier molecular flexibility index (Phi) is 6.30. The predicted octanol–water partition coefficient (Wildman–Crippen LogP) is 2.46. The number of halogens is 2. The Morgan fingerprint density at radius 2 is 1.88 bits per heavy atom. The van der Waals surface area contributed by atoms with Crippen molar-refractivity contribution < 1.29 is 17.6 Å². The molecule has 0 unspecified atom stereocenters. The molecule has 0 aliphatic carbocycles. The van der Waals surface area contributed by atoms with Gasteiger partial charge in [0.15, 0.2) is 0 Å². The smallest absolute Gasteiger partial charge is 0.240 e. The van der Waals surface area contributed by atoms with Crippen molar-refractivity contribution in [3.8, 4) is 0 Å². The molecule has 0 radical (unpaired) electrons. The van der Waals surface area contributed by atoms with Crippen LogP contribution in [0, 0.1) is 5.82 Å². The number of hydrogen-bond acceptors (Lipinski definition) is 3. The van der Waals surface area contributed by atoms with E-state index >= 15 is 0 Å². The van der Waals surface area contributed by atoms with Crippen molar-refractivity contribution >= 4 is 27.5 Å². The summed E-state index contributed by atoms with van der Waals surface area (Å²) in [5.41, 5.74) is 0.366. The van der Waals surface area contributed by atoms with Gasteiger partial charge < -0.3 is 5.32 Å². The summed E-state index contributed by atoms with van der Waals surface area (Å²) in [5.74, 6) is -0.786. The molecule has 0 aliphatic heterocycles. The van der Waals surface area contributed by atoms with Crippen LogP contribution < -0.4 is 10.0 Å². The van der Waals surface area contributed by atoms with Crippen molar-refractivity contribution in [3.63, 3.8) is 0 Å². The van der Waals surface area contributed by atoms with E-state index in [1.54, 1.807) is 24.3 Å². The van der Waals surface area contributed by atoms with Gasteiger partial charge in [0, 0.05) is 30.1 Å². The van der Waals surface area contributed by atoms with Crippen LogP contribution in [0.5, 0.6) is 0 Å². The van der Waals surface area contributed by atoms with Crippen molar-refractivity contribution in [1.29, 1.82) is 0 Å². The first-order valence-electron chi connectivity index (χ1n) is 7.14. The van der Waals surface area contributed by atoms with Crippen molar-refractivity contribution in [2.75, 3.05) is 6.54 Å². The maximum atomic E-state index is 13.4. The van der Waals surface area contributed by atoms with Gasteiger partial charge in [0.2, 0.25) is 15.9 Å². The van der Waals surface area contributed by atoms with Crippen LogP contribution in [0.1, 0.15) is 12.0 Å². The van der Waals surface area contributed by atoms with E-state index in [0.29, 0.717) is 10.6 Å². The summed E-state index contributed by atoms with van der Waals surface area (Å²) >= 11 is 5.76. The van der Waals surface area contributed by atoms with Crippen LogP contribution >= 0.6 is 11.6 Å². The van der Waals surface area contributed by atoms with E-state index in [2.05, 4.69) is 10.0 Å². The first-order valence-corrected chi connectivity index (χ1v) is 9.00. The summed E-state index contributed by atoms with van der Waals surface area (Å²) in [4.78, 5) is 11.7. The summed E-state index contributed by atoms with van der Waals surface area (Å²) in [6.07, 6.45) is -0.0613. The number of hydrogen-bond donors (Lipinski definition) is 2. The second-order valence-corrected chi connectivity index (χ2v) is 7.18. The zero-order chi connectivity index (χ0) is 17.6. The first kappa shape index (κ1) is 18.4. The van der Waals surface area contributed by atoms with Crippen LogP contribution in [0.3, 0.4) is 0 Å². The molecule has 5 nitrogen and oxygen atoms in total. The van der Waals surface area contributed by atoms with E-state index in [0.717, 1.165) is 0 Å². The monoisotopic (exact) mass is 370 g/mol. The lowest BCUT2D eigenvalue weighted by atomic mass is 10.2. The van der Waals surface area contributed by atoms with E-state index in [1.807, 2.05) is 0 Å². The fourth-order valence-corrected chi connectivity index (χ4v) is 3.27. The zero-order valence-corrected chi connectivity index (χ0v) is 14.2. The molecule has 24 heavy (non-hydrogen) atoms. The van der Waals surface area contributed by atoms with Gasteiger partial charge >= 0.3 is 0 Å². The molecule has 0 heterocycles. The largest absolute Gasteiger partial charge is 0.352 e. The van der Waals surface area contributed by atoms with E-state index in [9.17, 15) is 17.6 Å². The highest BCUT2D eigenvalue weighted by molar-refractivity contribution is 7.89. The minimum absolute atomic E-state index is 0.0294. The molecule has 2 N–H and O–H groups in total. The minimum Gasteiger partial charge on any atom is -0.352 e. The van der Waals surface area contributed by atoms with Gasteiger partial charge in [-0.05, 0) is 24.3 Å². The molecule has 2 aromatic rings. The number of carbonyl (C=O) groups is 1. The maximum Gasteiger partial charge on any atom is 0.240 e. The SMILES string of the molecule is O=C(CCNS(=O)(=O)c1cccc(Cl)c1)NCc1ccccc1F. The third-order valence-corrected chi connectivity index (χ3v) is 4.88. The third-order valence-electron chi connectivity index (χ3n) is 3.18. The lowest BCUT2D eigenvalue weighted by Gasteiger charge is -2.08. The van der Waals surface area contributed by atoms with Gasteiger partial charge in [-0.25, -0.2) is 17.5 Å². The predicted molar refractivity (Wildman–Crippen MR) is 89.5 cm³/mol. The standard InChI is InChI=1S/C16H16ClFN2O3S/c17-13-5-3-6-14(10-13)24(22,23)20-9-8-16(21)19-11-12-4-1-2-7-15(12)18/h1-7,10,20H,8-9,11H2,(H,19,21). The third kappa shape index (κ3) is 5.30. The zero-order valence-electron chi connectivity index (χ0n) is 12.6. The Morgan fingerprint density at radius 1 is 1.12 bits per heavy atom. The molecule has 0 aliphatic rings. The molecule has 0 atom stereocenters. The van der Waals surface area contributed by atoms with Crippen molar-refractivity contribution in [3.05, 3.63) is 64.9 Å². The lowest BCUT2D eigenvalue weighted by molar-refractivity contribution is -0.121. The topological polar surface area (TPSA) is 75.3 Å². The first-order chi connectivity index (χ1) is 11.4. The average molecular weight is 371 g/mol. The van der Waals surface area contributed by atoms with Gasteiger partial charge in [0.05, 0.1) is 4.90 Å². The van der Waals surface area contributed by atoms with Crippen LogP contribution in [0.25, 0.3) is 0 Å². The second-order valence-electron chi connectivity index (χ2n) is 4.97. The van der Waals surface area contributed by atoms with Gasteiger partial charge in [0.1, 0.15) is 5.82 Å².